The maximum absolute atomic E-state index is 12.8. The molecule has 5 rings (SSSR count). The van der Waals surface area contributed by atoms with E-state index in [1.165, 1.54) is 11.1 Å². The molecule has 0 aliphatic carbocycles. The highest BCUT2D eigenvalue weighted by atomic mass is 16.5. The van der Waals surface area contributed by atoms with Crippen LogP contribution >= 0.6 is 0 Å². The minimum atomic E-state index is -0.635. The number of hydrogen-bond acceptors (Lipinski definition) is 6. The fourth-order valence-electron chi connectivity index (χ4n) is 4.62. The Balaban J connectivity index is 1.31. The quantitative estimate of drug-likeness (QED) is 0.362. The summed E-state index contributed by atoms with van der Waals surface area (Å²) < 4.78 is 17.3. The van der Waals surface area contributed by atoms with Crippen molar-refractivity contribution in [2.45, 2.75) is 26.0 Å². The first-order chi connectivity index (χ1) is 17.1. The Hall–Kier alpha value is -3.61. The molecule has 0 saturated carbocycles. The molecule has 0 saturated heterocycles. The van der Waals surface area contributed by atoms with Gasteiger partial charge in [-0.05, 0) is 42.7 Å². The summed E-state index contributed by atoms with van der Waals surface area (Å²) in [5.74, 6) is 0.598. The molecule has 0 amide bonds. The molecule has 0 fully saturated rings. The van der Waals surface area contributed by atoms with Gasteiger partial charge in [0.25, 0.3) is 0 Å². The van der Waals surface area contributed by atoms with Crippen molar-refractivity contribution in [1.82, 2.24) is 4.90 Å². The lowest BCUT2D eigenvalue weighted by atomic mass is 10.00. The zero-order valence-electron chi connectivity index (χ0n) is 19.8. The number of benzene rings is 3. The van der Waals surface area contributed by atoms with Gasteiger partial charge in [-0.3, -0.25) is 4.90 Å². The van der Waals surface area contributed by atoms with Gasteiger partial charge < -0.3 is 19.0 Å². The van der Waals surface area contributed by atoms with E-state index in [-0.39, 0.29) is 13.2 Å². The lowest BCUT2D eigenvalue weighted by molar-refractivity contribution is 0.0528. The molecule has 6 nitrogen and oxygen atoms in total. The molecule has 1 aromatic heterocycles. The molecule has 0 radical (unpaired) electrons. The molecule has 1 atom stereocenters. The predicted octanol–water partition coefficient (Wildman–Crippen LogP) is 5.07. The van der Waals surface area contributed by atoms with Gasteiger partial charge in [-0.1, -0.05) is 54.6 Å². The number of nitrogens with zero attached hydrogens (tertiary/aromatic N) is 1. The number of aliphatic hydroxyl groups excluding tert-OH is 1. The SMILES string of the molecule is CCOC(=O)c1c(-c2ccccc2)oc2ccc(OCC(O)CN3CCc4ccccc4C3)cc12. The van der Waals surface area contributed by atoms with Gasteiger partial charge >= 0.3 is 5.97 Å². The third-order valence-corrected chi connectivity index (χ3v) is 6.30. The van der Waals surface area contributed by atoms with Gasteiger partial charge in [-0.2, -0.15) is 0 Å². The highest BCUT2D eigenvalue weighted by Crippen LogP contribution is 2.36. The Bertz CT molecular complexity index is 1310. The lowest BCUT2D eigenvalue weighted by Crippen LogP contribution is -2.38. The van der Waals surface area contributed by atoms with Crippen molar-refractivity contribution in [3.05, 3.63) is 89.5 Å². The molecule has 35 heavy (non-hydrogen) atoms. The van der Waals surface area contributed by atoms with E-state index in [1.54, 1.807) is 25.1 Å². The summed E-state index contributed by atoms with van der Waals surface area (Å²) in [5.41, 5.74) is 4.46. The van der Waals surface area contributed by atoms with Crippen molar-refractivity contribution in [3.63, 3.8) is 0 Å². The number of rotatable bonds is 8. The van der Waals surface area contributed by atoms with Crippen molar-refractivity contribution >= 4 is 16.9 Å². The van der Waals surface area contributed by atoms with Crippen molar-refractivity contribution in [1.29, 1.82) is 0 Å². The van der Waals surface area contributed by atoms with Crippen LogP contribution in [0.1, 0.15) is 28.4 Å². The number of carbonyl (C=O) groups excluding carboxylic acids is 1. The van der Waals surface area contributed by atoms with Crippen LogP contribution in [0.5, 0.6) is 5.75 Å². The molecular weight excluding hydrogens is 442 g/mol. The molecule has 0 spiro atoms. The third kappa shape index (κ3) is 5.09. The van der Waals surface area contributed by atoms with Gasteiger partial charge in [0.05, 0.1) is 6.61 Å². The van der Waals surface area contributed by atoms with Crippen LogP contribution in [0.25, 0.3) is 22.3 Å². The number of aliphatic hydroxyl groups is 1. The summed E-state index contributed by atoms with van der Waals surface area (Å²) in [5, 5.41) is 11.3. The first kappa shape index (κ1) is 23.1. The summed E-state index contributed by atoms with van der Waals surface area (Å²) in [6.07, 6.45) is 0.353. The summed E-state index contributed by atoms with van der Waals surface area (Å²) in [6.45, 7) is 4.48. The van der Waals surface area contributed by atoms with E-state index in [0.29, 0.717) is 34.6 Å². The predicted molar refractivity (Wildman–Crippen MR) is 135 cm³/mol. The molecule has 1 N–H and O–H groups in total. The van der Waals surface area contributed by atoms with E-state index in [0.717, 1.165) is 25.1 Å². The minimum absolute atomic E-state index is 0.155. The fraction of sp³-hybridized carbons (Fsp3) is 0.276. The van der Waals surface area contributed by atoms with Gasteiger partial charge in [0.2, 0.25) is 0 Å². The molecule has 1 aliphatic heterocycles. The van der Waals surface area contributed by atoms with Gasteiger partial charge in [0, 0.05) is 30.6 Å². The van der Waals surface area contributed by atoms with Gasteiger partial charge in [-0.25, -0.2) is 4.79 Å². The second-order valence-corrected chi connectivity index (χ2v) is 8.77. The first-order valence-electron chi connectivity index (χ1n) is 12.0. The van der Waals surface area contributed by atoms with Crippen molar-refractivity contribution < 1.29 is 23.8 Å². The number of carbonyl (C=O) groups is 1. The molecular formula is C29H29NO5. The molecule has 180 valence electrons. The second kappa shape index (κ2) is 10.3. The summed E-state index contributed by atoms with van der Waals surface area (Å²) in [4.78, 5) is 15.1. The van der Waals surface area contributed by atoms with E-state index < -0.39 is 12.1 Å². The summed E-state index contributed by atoms with van der Waals surface area (Å²) >= 11 is 0. The maximum Gasteiger partial charge on any atom is 0.342 e. The summed E-state index contributed by atoms with van der Waals surface area (Å²) in [7, 11) is 0. The van der Waals surface area contributed by atoms with Gasteiger partial charge in [0.1, 0.15) is 35.4 Å². The smallest absolute Gasteiger partial charge is 0.342 e. The highest BCUT2D eigenvalue weighted by molar-refractivity contribution is 6.09. The van der Waals surface area contributed by atoms with Crippen LogP contribution < -0.4 is 4.74 Å². The third-order valence-electron chi connectivity index (χ3n) is 6.30. The fourth-order valence-corrected chi connectivity index (χ4v) is 4.62. The Kier molecular flexibility index (Phi) is 6.84. The second-order valence-electron chi connectivity index (χ2n) is 8.77. The topological polar surface area (TPSA) is 72.1 Å². The lowest BCUT2D eigenvalue weighted by Gasteiger charge is -2.30. The van der Waals surface area contributed by atoms with Gasteiger partial charge in [0.15, 0.2) is 0 Å². The number of ether oxygens (including phenoxy) is 2. The van der Waals surface area contributed by atoms with Crippen molar-refractivity contribution in [2.75, 3.05) is 26.3 Å². The first-order valence-corrected chi connectivity index (χ1v) is 12.0. The van der Waals surface area contributed by atoms with Crippen LogP contribution in [0, 0.1) is 0 Å². The van der Waals surface area contributed by atoms with E-state index in [4.69, 9.17) is 13.9 Å². The van der Waals surface area contributed by atoms with E-state index >= 15 is 0 Å². The molecule has 4 aromatic rings. The average Bonchev–Trinajstić information content (AvgIpc) is 3.27. The van der Waals surface area contributed by atoms with E-state index in [9.17, 15) is 9.90 Å². The molecule has 6 heteroatoms. The van der Waals surface area contributed by atoms with Crippen LogP contribution in [0.15, 0.2) is 77.2 Å². The molecule has 1 unspecified atom stereocenters. The van der Waals surface area contributed by atoms with Gasteiger partial charge in [-0.15, -0.1) is 0 Å². The highest BCUT2D eigenvalue weighted by Gasteiger charge is 2.24. The maximum atomic E-state index is 12.8. The Labute approximate surface area is 204 Å². The van der Waals surface area contributed by atoms with E-state index in [2.05, 4.69) is 29.2 Å². The number of esters is 1. The van der Waals surface area contributed by atoms with Crippen molar-refractivity contribution in [2.24, 2.45) is 0 Å². The summed E-state index contributed by atoms with van der Waals surface area (Å²) in [6, 6.07) is 23.3. The minimum Gasteiger partial charge on any atom is -0.491 e. The number of fused-ring (bicyclic) bond motifs is 2. The number of β-amino-alcohol motifs (C(OH)–C–C–N with tert-alkyl or cyclic N) is 1. The monoisotopic (exact) mass is 471 g/mol. The molecule has 0 bridgehead atoms. The number of furan rings is 1. The normalized spacial score (nSPS) is 14.5. The molecule has 3 aromatic carbocycles. The zero-order chi connectivity index (χ0) is 24.2. The Morgan fingerprint density at radius 2 is 1.83 bits per heavy atom. The standard InChI is InChI=1S/C29H29NO5/c1-2-33-29(32)27-25-16-24(12-13-26(25)35-28(27)21-9-4-3-5-10-21)34-19-23(31)18-30-15-14-20-8-6-7-11-22(20)17-30/h3-13,16,23,31H,2,14-15,17-19H2,1H3. The van der Waals surface area contributed by atoms with Crippen molar-refractivity contribution in [3.8, 4) is 17.1 Å². The Morgan fingerprint density at radius 1 is 1.06 bits per heavy atom. The molecule has 2 heterocycles. The number of hydrogen-bond donors (Lipinski definition) is 1. The van der Waals surface area contributed by atoms with Crippen LogP contribution in [0.3, 0.4) is 0 Å². The average molecular weight is 472 g/mol. The zero-order valence-corrected chi connectivity index (χ0v) is 19.8. The largest absolute Gasteiger partial charge is 0.491 e. The van der Waals surface area contributed by atoms with Crippen LogP contribution in [-0.4, -0.2) is 48.4 Å². The Morgan fingerprint density at radius 3 is 2.63 bits per heavy atom. The van der Waals surface area contributed by atoms with Crippen LogP contribution in [-0.2, 0) is 17.7 Å². The molecule has 1 aliphatic rings. The van der Waals surface area contributed by atoms with E-state index in [1.807, 2.05) is 30.3 Å². The van der Waals surface area contributed by atoms with Crippen LogP contribution in [0.4, 0.5) is 0 Å². The van der Waals surface area contributed by atoms with Crippen LogP contribution in [0.2, 0.25) is 0 Å².